The van der Waals surface area contributed by atoms with E-state index >= 15 is 0 Å². The number of nitrogens with two attached hydrogens (primary N) is 1. The molecule has 0 amide bonds. The molecule has 0 aliphatic rings. The van der Waals surface area contributed by atoms with Crippen molar-refractivity contribution in [3.63, 3.8) is 0 Å². The fourth-order valence-electron chi connectivity index (χ4n) is 1.27. The monoisotopic (exact) mass is 265 g/mol. The van der Waals surface area contributed by atoms with E-state index in [-0.39, 0.29) is 23.7 Å². The van der Waals surface area contributed by atoms with Gasteiger partial charge in [0.05, 0.1) is 6.61 Å². The first-order valence-corrected chi connectivity index (χ1v) is 5.50. The molecule has 1 aromatic carbocycles. The van der Waals surface area contributed by atoms with Crippen LogP contribution in [0.2, 0.25) is 0 Å². The summed E-state index contributed by atoms with van der Waals surface area (Å²) >= 11 is 0. The van der Waals surface area contributed by atoms with Crippen molar-refractivity contribution in [2.75, 3.05) is 12.0 Å². The van der Waals surface area contributed by atoms with E-state index in [1.165, 1.54) is 12.1 Å². The number of hydrogen-bond donors (Lipinski definition) is 2. The number of nitrogens with one attached hydrogen (secondary N) is 1. The SMILES string of the molecule is CCOc1nc(NN)nc(Oc2ccccc2F)n1. The molecule has 0 aliphatic heterocycles. The van der Waals surface area contributed by atoms with Crippen molar-refractivity contribution in [1.82, 2.24) is 15.0 Å². The highest BCUT2D eigenvalue weighted by atomic mass is 19.1. The summed E-state index contributed by atoms with van der Waals surface area (Å²) in [4.78, 5) is 11.6. The van der Waals surface area contributed by atoms with E-state index in [1.54, 1.807) is 19.1 Å². The number of hydrazine groups is 1. The summed E-state index contributed by atoms with van der Waals surface area (Å²) in [5.41, 5.74) is 2.25. The molecule has 0 spiro atoms. The third-order valence-electron chi connectivity index (χ3n) is 2.03. The molecule has 19 heavy (non-hydrogen) atoms. The van der Waals surface area contributed by atoms with E-state index in [0.717, 1.165) is 0 Å². The fraction of sp³-hybridized carbons (Fsp3) is 0.182. The number of anilines is 1. The van der Waals surface area contributed by atoms with Crippen molar-refractivity contribution < 1.29 is 13.9 Å². The summed E-state index contributed by atoms with van der Waals surface area (Å²) in [5.74, 6) is 4.75. The molecule has 100 valence electrons. The van der Waals surface area contributed by atoms with Gasteiger partial charge in [-0.25, -0.2) is 10.2 Å². The Hall–Kier alpha value is -2.48. The second-order valence-corrected chi connectivity index (χ2v) is 3.33. The number of aromatic nitrogens is 3. The Labute approximate surface area is 108 Å². The number of ether oxygens (including phenoxy) is 2. The Kier molecular flexibility index (Phi) is 4.04. The summed E-state index contributed by atoms with van der Waals surface area (Å²) in [7, 11) is 0. The average Bonchev–Trinajstić information content (AvgIpc) is 2.41. The number of rotatable bonds is 5. The van der Waals surface area contributed by atoms with Crippen molar-refractivity contribution in [2.45, 2.75) is 6.92 Å². The van der Waals surface area contributed by atoms with Gasteiger partial charge >= 0.3 is 12.0 Å². The lowest BCUT2D eigenvalue weighted by Crippen LogP contribution is -2.12. The van der Waals surface area contributed by atoms with E-state index in [0.29, 0.717) is 6.61 Å². The normalized spacial score (nSPS) is 10.1. The van der Waals surface area contributed by atoms with Gasteiger partial charge < -0.3 is 9.47 Å². The fourth-order valence-corrected chi connectivity index (χ4v) is 1.27. The zero-order chi connectivity index (χ0) is 13.7. The summed E-state index contributed by atoms with van der Waals surface area (Å²) in [5, 5.41) is 0. The van der Waals surface area contributed by atoms with Gasteiger partial charge in [-0.3, -0.25) is 5.43 Å². The van der Waals surface area contributed by atoms with Crippen LogP contribution in [0.4, 0.5) is 10.3 Å². The molecule has 0 saturated heterocycles. The molecule has 0 bridgehead atoms. The number of para-hydroxylation sites is 1. The Bertz CT molecular complexity index is 567. The minimum atomic E-state index is -0.525. The largest absolute Gasteiger partial charge is 0.464 e. The quantitative estimate of drug-likeness (QED) is 0.624. The maximum Gasteiger partial charge on any atom is 0.330 e. The van der Waals surface area contributed by atoms with E-state index in [9.17, 15) is 4.39 Å². The molecule has 7 nitrogen and oxygen atoms in total. The van der Waals surface area contributed by atoms with Crippen LogP contribution in [0.15, 0.2) is 24.3 Å². The molecule has 0 unspecified atom stereocenters. The Morgan fingerprint density at radius 3 is 2.63 bits per heavy atom. The molecular weight excluding hydrogens is 253 g/mol. The predicted molar refractivity (Wildman–Crippen MR) is 65.3 cm³/mol. The van der Waals surface area contributed by atoms with Crippen molar-refractivity contribution >= 4 is 5.95 Å². The molecule has 0 atom stereocenters. The molecule has 2 aromatic rings. The van der Waals surface area contributed by atoms with Crippen molar-refractivity contribution in [3.8, 4) is 17.8 Å². The van der Waals surface area contributed by atoms with Gasteiger partial charge in [-0.15, -0.1) is 4.98 Å². The predicted octanol–water partition coefficient (Wildman–Crippen LogP) is 1.49. The van der Waals surface area contributed by atoms with Gasteiger partial charge in [0.2, 0.25) is 5.95 Å². The minimum Gasteiger partial charge on any atom is -0.464 e. The van der Waals surface area contributed by atoms with E-state index in [1.807, 2.05) is 0 Å². The summed E-state index contributed by atoms with van der Waals surface area (Å²) in [6.45, 7) is 2.14. The molecule has 0 saturated carbocycles. The standard InChI is InChI=1S/C11H12FN5O2/c1-2-18-10-14-9(17-13)15-11(16-10)19-8-6-4-3-5-7(8)12/h3-6H,2,13H2,1H3,(H,14,15,16,17). The van der Waals surface area contributed by atoms with Crippen molar-refractivity contribution in [3.05, 3.63) is 30.1 Å². The van der Waals surface area contributed by atoms with Crippen LogP contribution in [0.3, 0.4) is 0 Å². The molecule has 0 aliphatic carbocycles. The first kappa shape index (κ1) is 13.0. The van der Waals surface area contributed by atoms with Crippen LogP contribution in [0.5, 0.6) is 17.8 Å². The van der Waals surface area contributed by atoms with Gasteiger partial charge in [0.15, 0.2) is 11.6 Å². The van der Waals surface area contributed by atoms with Crippen LogP contribution in [-0.4, -0.2) is 21.6 Å². The highest BCUT2D eigenvalue weighted by molar-refractivity contribution is 5.30. The number of nitrogen functional groups attached to an aromatic ring is 1. The van der Waals surface area contributed by atoms with E-state index in [4.69, 9.17) is 15.3 Å². The van der Waals surface area contributed by atoms with E-state index < -0.39 is 5.82 Å². The van der Waals surface area contributed by atoms with Crippen LogP contribution in [0, 0.1) is 5.82 Å². The van der Waals surface area contributed by atoms with Crippen LogP contribution in [0.1, 0.15) is 6.92 Å². The maximum atomic E-state index is 13.4. The molecule has 1 aromatic heterocycles. The van der Waals surface area contributed by atoms with Crippen LogP contribution >= 0.6 is 0 Å². The molecule has 8 heteroatoms. The van der Waals surface area contributed by atoms with Gasteiger partial charge in [0, 0.05) is 0 Å². The average molecular weight is 265 g/mol. The molecular formula is C11H12FN5O2. The van der Waals surface area contributed by atoms with Crippen molar-refractivity contribution in [1.29, 1.82) is 0 Å². The molecule has 0 radical (unpaired) electrons. The summed E-state index contributed by atoms with van der Waals surface area (Å²) in [6.07, 6.45) is 0. The van der Waals surface area contributed by atoms with Gasteiger partial charge in [-0.05, 0) is 19.1 Å². The zero-order valence-corrected chi connectivity index (χ0v) is 10.1. The highest BCUT2D eigenvalue weighted by Gasteiger charge is 2.10. The minimum absolute atomic E-state index is 0.000815. The van der Waals surface area contributed by atoms with Gasteiger partial charge in [0.1, 0.15) is 0 Å². The smallest absolute Gasteiger partial charge is 0.330 e. The summed E-state index contributed by atoms with van der Waals surface area (Å²) < 4.78 is 23.8. The van der Waals surface area contributed by atoms with Crippen LogP contribution in [0.25, 0.3) is 0 Å². The highest BCUT2D eigenvalue weighted by Crippen LogP contribution is 2.22. The Morgan fingerprint density at radius 2 is 1.95 bits per heavy atom. The Balaban J connectivity index is 2.29. The number of hydrogen-bond acceptors (Lipinski definition) is 7. The summed E-state index contributed by atoms with van der Waals surface area (Å²) in [6, 6.07) is 5.82. The third-order valence-corrected chi connectivity index (χ3v) is 2.03. The van der Waals surface area contributed by atoms with E-state index in [2.05, 4.69) is 20.4 Å². The zero-order valence-electron chi connectivity index (χ0n) is 10.1. The number of benzene rings is 1. The van der Waals surface area contributed by atoms with Gasteiger partial charge in [-0.2, -0.15) is 9.97 Å². The van der Waals surface area contributed by atoms with Crippen molar-refractivity contribution in [2.24, 2.45) is 5.84 Å². The molecule has 0 fully saturated rings. The topological polar surface area (TPSA) is 95.2 Å². The second-order valence-electron chi connectivity index (χ2n) is 3.33. The molecule has 2 rings (SSSR count). The van der Waals surface area contributed by atoms with Crippen LogP contribution in [-0.2, 0) is 0 Å². The lowest BCUT2D eigenvalue weighted by Gasteiger charge is -2.07. The Morgan fingerprint density at radius 1 is 1.21 bits per heavy atom. The van der Waals surface area contributed by atoms with Gasteiger partial charge in [-0.1, -0.05) is 12.1 Å². The number of nitrogens with zero attached hydrogens (tertiary/aromatic N) is 3. The lowest BCUT2D eigenvalue weighted by atomic mass is 10.3. The first-order chi connectivity index (χ1) is 9.22. The first-order valence-electron chi connectivity index (χ1n) is 5.50. The maximum absolute atomic E-state index is 13.4. The second kappa shape index (κ2) is 5.91. The third kappa shape index (κ3) is 3.26. The molecule has 1 heterocycles. The molecule has 3 N–H and O–H groups in total. The van der Waals surface area contributed by atoms with Gasteiger partial charge in [0.25, 0.3) is 0 Å². The lowest BCUT2D eigenvalue weighted by molar-refractivity contribution is 0.302. The van der Waals surface area contributed by atoms with Crippen LogP contribution < -0.4 is 20.7 Å². The number of halogens is 1.